The Kier molecular flexibility index (Phi) is 4.86. The van der Waals surface area contributed by atoms with Crippen LogP contribution in [0.5, 0.6) is 0 Å². The van der Waals surface area contributed by atoms with E-state index >= 15 is 0 Å². The fourth-order valence-electron chi connectivity index (χ4n) is 1.70. The molecular weight excluding hydrogens is 207 g/mol. The molecule has 1 aromatic rings. The molecule has 0 radical (unpaired) electrons. The highest BCUT2D eigenvalue weighted by atomic mass is 19.1. The van der Waals surface area contributed by atoms with Gasteiger partial charge in [0, 0.05) is 18.6 Å². The lowest BCUT2D eigenvalue weighted by molar-refractivity contribution is 0.125. The third-order valence-electron chi connectivity index (χ3n) is 2.71. The van der Waals surface area contributed by atoms with Gasteiger partial charge in [-0.25, -0.2) is 4.39 Å². The predicted octanol–water partition coefficient (Wildman–Crippen LogP) is 0.966. The number of rotatable bonds is 5. The molecule has 0 aliphatic carbocycles. The lowest BCUT2D eigenvalue weighted by atomic mass is 10.1. The van der Waals surface area contributed by atoms with Crippen LogP contribution in [0.1, 0.15) is 12.5 Å². The highest BCUT2D eigenvalue weighted by Crippen LogP contribution is 2.09. The van der Waals surface area contributed by atoms with Gasteiger partial charge < -0.3 is 10.8 Å². The van der Waals surface area contributed by atoms with Gasteiger partial charge in [0.25, 0.3) is 0 Å². The van der Waals surface area contributed by atoms with E-state index < -0.39 is 0 Å². The van der Waals surface area contributed by atoms with E-state index in [2.05, 4.69) is 0 Å². The summed E-state index contributed by atoms with van der Waals surface area (Å²) < 4.78 is 12.7. The van der Waals surface area contributed by atoms with E-state index in [9.17, 15) is 9.50 Å². The molecule has 3 N–H and O–H groups in total. The van der Waals surface area contributed by atoms with Crippen molar-refractivity contribution in [2.24, 2.45) is 5.73 Å². The van der Waals surface area contributed by atoms with E-state index in [1.54, 1.807) is 12.1 Å². The highest BCUT2D eigenvalue weighted by Gasteiger charge is 2.17. The third kappa shape index (κ3) is 3.56. The average Bonchev–Trinajstić information content (AvgIpc) is 2.22. The molecule has 3 nitrogen and oxygen atoms in total. The molecule has 0 aliphatic rings. The number of aliphatic hydroxyl groups excluding tert-OH is 1. The van der Waals surface area contributed by atoms with Gasteiger partial charge in [-0.2, -0.15) is 0 Å². The first kappa shape index (κ1) is 13.1. The fourth-order valence-corrected chi connectivity index (χ4v) is 1.70. The predicted molar refractivity (Wildman–Crippen MR) is 62.4 cm³/mol. The number of halogens is 1. The number of likely N-dealkylation sites (N-methyl/N-ethyl adjacent to an activating group) is 1. The Labute approximate surface area is 95.7 Å². The van der Waals surface area contributed by atoms with Gasteiger partial charge in [-0.1, -0.05) is 12.1 Å². The van der Waals surface area contributed by atoms with Gasteiger partial charge in [0.15, 0.2) is 0 Å². The van der Waals surface area contributed by atoms with Crippen molar-refractivity contribution in [2.45, 2.75) is 25.6 Å². The summed E-state index contributed by atoms with van der Waals surface area (Å²) in [6.07, 6.45) is 0. The quantitative estimate of drug-likeness (QED) is 0.786. The molecule has 0 aliphatic heterocycles. The van der Waals surface area contributed by atoms with Crippen LogP contribution in [0.15, 0.2) is 24.3 Å². The molecule has 0 aromatic heterocycles. The van der Waals surface area contributed by atoms with E-state index in [1.807, 2.05) is 18.9 Å². The van der Waals surface area contributed by atoms with Gasteiger partial charge in [-0.3, -0.25) is 4.90 Å². The third-order valence-corrected chi connectivity index (χ3v) is 2.71. The second kappa shape index (κ2) is 5.94. The maximum absolute atomic E-state index is 12.7. The topological polar surface area (TPSA) is 49.5 Å². The summed E-state index contributed by atoms with van der Waals surface area (Å²) >= 11 is 0. The van der Waals surface area contributed by atoms with Crippen LogP contribution in [0.4, 0.5) is 4.39 Å². The maximum atomic E-state index is 12.7. The molecule has 0 fully saturated rings. The van der Waals surface area contributed by atoms with Crippen molar-refractivity contribution in [1.82, 2.24) is 4.90 Å². The monoisotopic (exact) mass is 226 g/mol. The van der Waals surface area contributed by atoms with Crippen molar-refractivity contribution in [1.29, 1.82) is 0 Å². The van der Waals surface area contributed by atoms with Crippen molar-refractivity contribution >= 4 is 0 Å². The molecule has 4 heteroatoms. The van der Waals surface area contributed by atoms with E-state index in [1.165, 1.54) is 12.1 Å². The molecule has 1 rings (SSSR count). The summed E-state index contributed by atoms with van der Waals surface area (Å²) in [6.45, 7) is 2.53. The lowest BCUT2D eigenvalue weighted by Crippen LogP contribution is -2.46. The van der Waals surface area contributed by atoms with Crippen molar-refractivity contribution in [3.05, 3.63) is 35.6 Å². The van der Waals surface area contributed by atoms with Gasteiger partial charge in [-0.05, 0) is 31.7 Å². The van der Waals surface area contributed by atoms with E-state index in [4.69, 9.17) is 5.73 Å². The Morgan fingerprint density at radius 2 is 1.94 bits per heavy atom. The number of benzene rings is 1. The molecule has 1 aromatic carbocycles. The minimum atomic E-state index is -0.239. The average molecular weight is 226 g/mol. The number of hydrogen-bond donors (Lipinski definition) is 2. The number of hydrogen-bond acceptors (Lipinski definition) is 3. The van der Waals surface area contributed by atoms with E-state index in [-0.39, 0.29) is 24.5 Å². The van der Waals surface area contributed by atoms with Crippen LogP contribution in [0.2, 0.25) is 0 Å². The molecular formula is C12H19FN2O. The summed E-state index contributed by atoms with van der Waals surface area (Å²) in [6, 6.07) is 6.16. The van der Waals surface area contributed by atoms with E-state index in [0.29, 0.717) is 6.54 Å². The molecule has 16 heavy (non-hydrogen) atoms. The summed E-state index contributed by atoms with van der Waals surface area (Å²) in [7, 11) is 1.90. The molecule has 2 unspecified atom stereocenters. The molecule has 0 saturated heterocycles. The highest BCUT2D eigenvalue weighted by molar-refractivity contribution is 5.16. The SMILES string of the molecule is CC(N)C(CO)N(C)Cc1ccc(F)cc1. The van der Waals surface area contributed by atoms with Crippen molar-refractivity contribution in [3.8, 4) is 0 Å². The Hall–Kier alpha value is -0.970. The molecule has 0 heterocycles. The van der Waals surface area contributed by atoms with Gasteiger partial charge >= 0.3 is 0 Å². The first-order valence-corrected chi connectivity index (χ1v) is 5.35. The van der Waals surface area contributed by atoms with Crippen molar-refractivity contribution < 1.29 is 9.50 Å². The van der Waals surface area contributed by atoms with Crippen LogP contribution in [-0.4, -0.2) is 35.7 Å². The molecule has 90 valence electrons. The largest absolute Gasteiger partial charge is 0.395 e. The number of aliphatic hydroxyl groups is 1. The maximum Gasteiger partial charge on any atom is 0.123 e. The normalized spacial score (nSPS) is 15.1. The minimum Gasteiger partial charge on any atom is -0.395 e. The zero-order chi connectivity index (χ0) is 12.1. The second-order valence-electron chi connectivity index (χ2n) is 4.15. The smallest absolute Gasteiger partial charge is 0.123 e. The number of nitrogens with zero attached hydrogens (tertiary/aromatic N) is 1. The van der Waals surface area contributed by atoms with E-state index in [0.717, 1.165) is 5.56 Å². The standard InChI is InChI=1S/C12H19FN2O/c1-9(14)12(8-16)15(2)7-10-3-5-11(13)6-4-10/h3-6,9,12,16H,7-8,14H2,1-2H3. The van der Waals surface area contributed by atoms with Crippen LogP contribution in [0, 0.1) is 5.82 Å². The Balaban J connectivity index is 2.62. The van der Waals surface area contributed by atoms with Gasteiger partial charge in [0.1, 0.15) is 5.82 Å². The number of nitrogens with two attached hydrogens (primary N) is 1. The molecule has 0 saturated carbocycles. The van der Waals surface area contributed by atoms with Crippen LogP contribution in [0.25, 0.3) is 0 Å². The van der Waals surface area contributed by atoms with Gasteiger partial charge in [-0.15, -0.1) is 0 Å². The first-order chi connectivity index (χ1) is 7.54. The van der Waals surface area contributed by atoms with Gasteiger partial charge in [0.2, 0.25) is 0 Å². The van der Waals surface area contributed by atoms with Crippen LogP contribution in [-0.2, 0) is 6.54 Å². The Morgan fingerprint density at radius 3 is 2.38 bits per heavy atom. The van der Waals surface area contributed by atoms with Crippen LogP contribution in [0.3, 0.4) is 0 Å². The van der Waals surface area contributed by atoms with Crippen molar-refractivity contribution in [2.75, 3.05) is 13.7 Å². The van der Waals surface area contributed by atoms with Gasteiger partial charge in [0.05, 0.1) is 6.61 Å². The molecule has 2 atom stereocenters. The summed E-state index contributed by atoms with van der Waals surface area (Å²) in [4.78, 5) is 1.97. The Bertz CT molecular complexity index is 313. The zero-order valence-electron chi connectivity index (χ0n) is 9.73. The Morgan fingerprint density at radius 1 is 1.38 bits per heavy atom. The summed E-state index contributed by atoms with van der Waals surface area (Å²) in [5.74, 6) is -0.239. The zero-order valence-corrected chi connectivity index (χ0v) is 9.73. The minimum absolute atomic E-state index is 0.0232. The first-order valence-electron chi connectivity index (χ1n) is 5.35. The fraction of sp³-hybridized carbons (Fsp3) is 0.500. The van der Waals surface area contributed by atoms with Crippen molar-refractivity contribution in [3.63, 3.8) is 0 Å². The lowest BCUT2D eigenvalue weighted by Gasteiger charge is -2.29. The molecule has 0 spiro atoms. The van der Waals surface area contributed by atoms with Crippen LogP contribution >= 0.6 is 0 Å². The molecule has 0 amide bonds. The van der Waals surface area contributed by atoms with Crippen LogP contribution < -0.4 is 5.73 Å². The summed E-state index contributed by atoms with van der Waals surface area (Å²) in [5, 5.41) is 9.21. The summed E-state index contributed by atoms with van der Waals surface area (Å²) in [5.41, 5.74) is 6.77. The molecule has 0 bridgehead atoms. The second-order valence-corrected chi connectivity index (χ2v) is 4.15.